The molecule has 0 aliphatic rings. The van der Waals surface area contributed by atoms with E-state index in [2.05, 4.69) is 0 Å². The molecule has 0 fully saturated rings. The summed E-state index contributed by atoms with van der Waals surface area (Å²) in [5.41, 5.74) is 0.712. The lowest BCUT2D eigenvalue weighted by molar-refractivity contribution is -0.138. The standard InChI is InChI=1S/C13H12O3S/c14-10-5-3-9(4-6-10)12(13(15)16)8-11-2-1-7-17-11/h1-7,12,14H,8H2,(H,15,16). The van der Waals surface area contributed by atoms with Crippen LogP contribution in [-0.2, 0) is 11.2 Å². The van der Waals surface area contributed by atoms with Gasteiger partial charge in [0.25, 0.3) is 0 Å². The number of hydrogen-bond acceptors (Lipinski definition) is 3. The van der Waals surface area contributed by atoms with Crippen LogP contribution in [0.3, 0.4) is 0 Å². The molecule has 2 N–H and O–H groups in total. The molecule has 4 heteroatoms. The van der Waals surface area contributed by atoms with Crippen LogP contribution in [-0.4, -0.2) is 16.2 Å². The fourth-order valence-corrected chi connectivity index (χ4v) is 2.44. The zero-order chi connectivity index (χ0) is 12.3. The fraction of sp³-hybridized carbons (Fsp3) is 0.154. The number of hydrogen-bond donors (Lipinski definition) is 2. The minimum absolute atomic E-state index is 0.147. The van der Waals surface area contributed by atoms with Crippen molar-refractivity contribution in [2.75, 3.05) is 0 Å². The fourth-order valence-electron chi connectivity index (χ4n) is 1.68. The first-order valence-electron chi connectivity index (χ1n) is 5.21. The van der Waals surface area contributed by atoms with Crippen LogP contribution in [0.4, 0.5) is 0 Å². The van der Waals surface area contributed by atoms with Gasteiger partial charge in [-0.2, -0.15) is 0 Å². The van der Waals surface area contributed by atoms with Crippen molar-refractivity contribution in [1.29, 1.82) is 0 Å². The molecule has 2 rings (SSSR count). The van der Waals surface area contributed by atoms with E-state index < -0.39 is 11.9 Å². The molecule has 0 spiro atoms. The van der Waals surface area contributed by atoms with Crippen LogP contribution in [0.1, 0.15) is 16.4 Å². The Morgan fingerprint density at radius 2 is 1.94 bits per heavy atom. The quantitative estimate of drug-likeness (QED) is 0.874. The van der Waals surface area contributed by atoms with Gasteiger partial charge in [0, 0.05) is 4.88 Å². The zero-order valence-electron chi connectivity index (χ0n) is 9.04. The van der Waals surface area contributed by atoms with E-state index in [0.717, 1.165) is 4.88 Å². The molecule has 0 radical (unpaired) electrons. The molecule has 0 saturated carbocycles. The Balaban J connectivity index is 2.23. The summed E-state index contributed by atoms with van der Waals surface area (Å²) in [4.78, 5) is 12.3. The van der Waals surface area contributed by atoms with Gasteiger partial charge >= 0.3 is 5.97 Å². The number of aromatic hydroxyl groups is 1. The van der Waals surface area contributed by atoms with E-state index in [-0.39, 0.29) is 5.75 Å². The van der Waals surface area contributed by atoms with Gasteiger partial charge in [-0.15, -0.1) is 11.3 Å². The van der Waals surface area contributed by atoms with Crippen molar-refractivity contribution in [1.82, 2.24) is 0 Å². The maximum atomic E-state index is 11.3. The van der Waals surface area contributed by atoms with Crippen LogP contribution in [0, 0.1) is 0 Å². The first-order chi connectivity index (χ1) is 8.16. The van der Waals surface area contributed by atoms with Gasteiger partial charge in [0.05, 0.1) is 5.92 Å². The molecule has 1 atom stereocenters. The third-order valence-corrected chi connectivity index (χ3v) is 3.48. The number of carboxylic acids is 1. The minimum Gasteiger partial charge on any atom is -0.508 e. The molecule has 1 heterocycles. The number of carbonyl (C=O) groups is 1. The Kier molecular flexibility index (Phi) is 3.44. The van der Waals surface area contributed by atoms with Crippen LogP contribution in [0.5, 0.6) is 5.75 Å². The topological polar surface area (TPSA) is 57.5 Å². The summed E-state index contributed by atoms with van der Waals surface area (Å²) in [5, 5.41) is 20.4. The lowest BCUT2D eigenvalue weighted by atomic mass is 9.95. The summed E-state index contributed by atoms with van der Waals surface area (Å²) in [6, 6.07) is 10.2. The van der Waals surface area contributed by atoms with Crippen LogP contribution < -0.4 is 0 Å². The highest BCUT2D eigenvalue weighted by Gasteiger charge is 2.20. The van der Waals surface area contributed by atoms with Gasteiger partial charge in [-0.1, -0.05) is 18.2 Å². The predicted octanol–water partition coefficient (Wildman–Crippen LogP) is 2.86. The van der Waals surface area contributed by atoms with Crippen molar-refractivity contribution in [3.8, 4) is 5.75 Å². The number of phenols is 1. The van der Waals surface area contributed by atoms with Crippen molar-refractivity contribution in [3.05, 3.63) is 52.2 Å². The van der Waals surface area contributed by atoms with Gasteiger partial charge in [0.2, 0.25) is 0 Å². The van der Waals surface area contributed by atoms with E-state index in [4.69, 9.17) is 0 Å². The molecule has 3 nitrogen and oxygen atoms in total. The molecule has 0 aliphatic carbocycles. The van der Waals surface area contributed by atoms with E-state index in [1.807, 2.05) is 17.5 Å². The maximum absolute atomic E-state index is 11.3. The Hall–Kier alpha value is -1.81. The average molecular weight is 248 g/mol. The normalized spacial score (nSPS) is 12.2. The van der Waals surface area contributed by atoms with E-state index in [9.17, 15) is 15.0 Å². The van der Waals surface area contributed by atoms with Crippen molar-refractivity contribution in [2.45, 2.75) is 12.3 Å². The minimum atomic E-state index is -0.843. The van der Waals surface area contributed by atoms with Crippen LogP contribution in [0.25, 0.3) is 0 Å². The second-order valence-electron chi connectivity index (χ2n) is 3.77. The van der Waals surface area contributed by atoms with E-state index in [1.54, 1.807) is 23.5 Å². The predicted molar refractivity (Wildman–Crippen MR) is 66.5 cm³/mol. The van der Waals surface area contributed by atoms with Crippen LogP contribution >= 0.6 is 11.3 Å². The van der Waals surface area contributed by atoms with Gasteiger partial charge < -0.3 is 10.2 Å². The third kappa shape index (κ3) is 2.85. The second kappa shape index (κ2) is 5.01. The van der Waals surface area contributed by atoms with Gasteiger partial charge in [0.1, 0.15) is 5.75 Å². The average Bonchev–Trinajstić information content (AvgIpc) is 2.80. The summed E-state index contributed by atoms with van der Waals surface area (Å²) in [7, 11) is 0. The van der Waals surface area contributed by atoms with Crippen molar-refractivity contribution < 1.29 is 15.0 Å². The van der Waals surface area contributed by atoms with E-state index in [0.29, 0.717) is 12.0 Å². The van der Waals surface area contributed by atoms with Gasteiger partial charge in [-0.05, 0) is 35.6 Å². The summed E-state index contributed by atoms with van der Waals surface area (Å²) >= 11 is 1.55. The number of rotatable bonds is 4. The summed E-state index contributed by atoms with van der Waals surface area (Å²) in [6.45, 7) is 0. The molecule has 1 unspecified atom stereocenters. The SMILES string of the molecule is O=C(O)C(Cc1cccs1)c1ccc(O)cc1. The monoisotopic (exact) mass is 248 g/mol. The zero-order valence-corrected chi connectivity index (χ0v) is 9.85. The van der Waals surface area contributed by atoms with Crippen molar-refractivity contribution in [2.24, 2.45) is 0 Å². The number of phenolic OH excluding ortho intramolecular Hbond substituents is 1. The molecule has 1 aromatic carbocycles. The van der Waals surface area contributed by atoms with Crippen LogP contribution in [0.2, 0.25) is 0 Å². The summed E-state index contributed by atoms with van der Waals surface area (Å²) in [6.07, 6.45) is 0.484. The first kappa shape index (κ1) is 11.7. The van der Waals surface area contributed by atoms with Crippen LogP contribution in [0.15, 0.2) is 41.8 Å². The highest BCUT2D eigenvalue weighted by atomic mass is 32.1. The van der Waals surface area contributed by atoms with Gasteiger partial charge in [-0.25, -0.2) is 0 Å². The third-order valence-electron chi connectivity index (χ3n) is 2.58. The molecule has 1 aromatic heterocycles. The molecule has 0 saturated heterocycles. The lowest BCUT2D eigenvalue weighted by Crippen LogP contribution is -2.13. The molecule has 17 heavy (non-hydrogen) atoms. The Labute approximate surface area is 103 Å². The number of benzene rings is 1. The Bertz CT molecular complexity index is 488. The highest BCUT2D eigenvalue weighted by molar-refractivity contribution is 7.09. The molecule has 0 aliphatic heterocycles. The number of aliphatic carboxylic acids is 1. The molecular formula is C13H12O3S. The molecule has 0 bridgehead atoms. The molecule has 2 aromatic rings. The highest BCUT2D eigenvalue weighted by Crippen LogP contribution is 2.25. The smallest absolute Gasteiger partial charge is 0.311 e. The number of thiophene rings is 1. The maximum Gasteiger partial charge on any atom is 0.311 e. The molecule has 0 amide bonds. The first-order valence-corrected chi connectivity index (χ1v) is 6.09. The molecule has 88 valence electrons. The Morgan fingerprint density at radius 1 is 1.24 bits per heavy atom. The summed E-state index contributed by atoms with van der Waals surface area (Å²) < 4.78 is 0. The largest absolute Gasteiger partial charge is 0.508 e. The van der Waals surface area contributed by atoms with Gasteiger partial charge in [-0.3, -0.25) is 4.79 Å². The van der Waals surface area contributed by atoms with E-state index in [1.165, 1.54) is 12.1 Å². The number of carboxylic acid groups (broad SMARTS) is 1. The Morgan fingerprint density at radius 3 is 2.47 bits per heavy atom. The molecular weight excluding hydrogens is 236 g/mol. The second-order valence-corrected chi connectivity index (χ2v) is 4.80. The van der Waals surface area contributed by atoms with Crippen molar-refractivity contribution in [3.63, 3.8) is 0 Å². The lowest BCUT2D eigenvalue weighted by Gasteiger charge is -2.11. The summed E-state index contributed by atoms with van der Waals surface area (Å²) in [5.74, 6) is -1.26. The van der Waals surface area contributed by atoms with E-state index >= 15 is 0 Å². The van der Waals surface area contributed by atoms with Gasteiger partial charge in [0.15, 0.2) is 0 Å². The van der Waals surface area contributed by atoms with Crippen molar-refractivity contribution >= 4 is 17.3 Å².